The van der Waals surface area contributed by atoms with Gasteiger partial charge in [0.15, 0.2) is 0 Å². The van der Waals surface area contributed by atoms with E-state index in [9.17, 15) is 4.79 Å². The minimum atomic E-state index is -0.134. The second kappa shape index (κ2) is 5.27. The van der Waals surface area contributed by atoms with Crippen molar-refractivity contribution in [3.63, 3.8) is 0 Å². The minimum absolute atomic E-state index is 0.134. The van der Waals surface area contributed by atoms with Crippen molar-refractivity contribution < 1.29 is 9.21 Å². The molecular weight excluding hydrogens is 230 g/mol. The molecule has 0 aliphatic heterocycles. The monoisotopic (exact) mass is 243 g/mol. The molecule has 0 unspecified atom stereocenters. The van der Waals surface area contributed by atoms with Gasteiger partial charge in [-0.1, -0.05) is 0 Å². The van der Waals surface area contributed by atoms with Gasteiger partial charge in [0.25, 0.3) is 5.91 Å². The second-order valence-electron chi connectivity index (χ2n) is 3.87. The summed E-state index contributed by atoms with van der Waals surface area (Å²) in [7, 11) is 3.39. The first kappa shape index (κ1) is 12.0. The molecule has 0 atom stereocenters. The van der Waals surface area contributed by atoms with E-state index in [-0.39, 0.29) is 5.91 Å². The zero-order valence-electron chi connectivity index (χ0n) is 10.2. The average molecular weight is 243 g/mol. The van der Waals surface area contributed by atoms with Gasteiger partial charge < -0.3 is 9.32 Å². The first-order chi connectivity index (χ1) is 8.68. The molecule has 2 rings (SSSR count). The molecule has 18 heavy (non-hydrogen) atoms. The van der Waals surface area contributed by atoms with Crippen molar-refractivity contribution in [1.82, 2.24) is 14.9 Å². The molecule has 0 fully saturated rings. The molecule has 1 amide bonds. The number of likely N-dealkylation sites (N-methyl/N-ethyl adjacent to an activating group) is 1. The van der Waals surface area contributed by atoms with Crippen LogP contribution in [0.15, 0.2) is 41.4 Å². The molecule has 0 saturated carbocycles. The van der Waals surface area contributed by atoms with Crippen molar-refractivity contribution in [2.75, 3.05) is 14.1 Å². The van der Waals surface area contributed by atoms with E-state index in [1.807, 2.05) is 0 Å². The van der Waals surface area contributed by atoms with Crippen LogP contribution in [0.3, 0.4) is 0 Å². The number of carbonyl (C=O) groups is 1. The normalized spacial score (nSPS) is 11.3. The summed E-state index contributed by atoms with van der Waals surface area (Å²) in [6, 6.07) is 5.24. The molecular formula is C13H13N3O2. The Balaban J connectivity index is 2.45. The van der Waals surface area contributed by atoms with Crippen LogP contribution in [0.2, 0.25) is 0 Å². The highest BCUT2D eigenvalue weighted by atomic mass is 16.3. The highest BCUT2D eigenvalue weighted by molar-refractivity contribution is 6.23. The van der Waals surface area contributed by atoms with Crippen molar-refractivity contribution in [2.24, 2.45) is 0 Å². The molecule has 0 aliphatic carbocycles. The van der Waals surface area contributed by atoms with Crippen LogP contribution in [-0.2, 0) is 4.79 Å². The lowest BCUT2D eigenvalue weighted by Gasteiger charge is -2.12. The molecule has 0 radical (unpaired) electrons. The third kappa shape index (κ3) is 2.63. The van der Waals surface area contributed by atoms with Gasteiger partial charge in [0.1, 0.15) is 12.1 Å². The molecule has 0 aromatic carbocycles. The molecule has 2 aromatic rings. The smallest absolute Gasteiger partial charge is 0.255 e. The summed E-state index contributed by atoms with van der Waals surface area (Å²) in [5.74, 6) is 0.476. The van der Waals surface area contributed by atoms with Crippen molar-refractivity contribution >= 4 is 17.6 Å². The highest BCUT2D eigenvalue weighted by Crippen LogP contribution is 2.18. The Morgan fingerprint density at radius 2 is 2.22 bits per heavy atom. The van der Waals surface area contributed by atoms with E-state index in [2.05, 4.69) is 9.97 Å². The van der Waals surface area contributed by atoms with Gasteiger partial charge in [-0.15, -0.1) is 0 Å². The predicted molar refractivity (Wildman–Crippen MR) is 67.3 cm³/mol. The third-order valence-corrected chi connectivity index (χ3v) is 2.32. The van der Waals surface area contributed by atoms with Gasteiger partial charge >= 0.3 is 0 Å². The molecule has 0 aliphatic rings. The molecule has 2 aromatic heterocycles. The summed E-state index contributed by atoms with van der Waals surface area (Å²) in [5.41, 5.74) is 1.04. The predicted octanol–water partition coefficient (Wildman–Crippen LogP) is 1.70. The quantitative estimate of drug-likeness (QED) is 0.770. The maximum atomic E-state index is 12.1. The SMILES string of the molecule is CN(C)C(=O)C(=Cc1ccco1)c1ccncn1. The molecule has 5 heteroatoms. The van der Waals surface area contributed by atoms with Crippen LogP contribution < -0.4 is 0 Å². The van der Waals surface area contributed by atoms with Crippen LogP contribution in [0, 0.1) is 0 Å². The number of aromatic nitrogens is 2. The highest BCUT2D eigenvalue weighted by Gasteiger charge is 2.15. The molecule has 5 nitrogen and oxygen atoms in total. The lowest BCUT2D eigenvalue weighted by atomic mass is 10.1. The Morgan fingerprint density at radius 1 is 1.39 bits per heavy atom. The van der Waals surface area contributed by atoms with Crippen molar-refractivity contribution in [3.05, 3.63) is 48.4 Å². The van der Waals surface area contributed by atoms with E-state index in [1.54, 1.807) is 50.8 Å². The van der Waals surface area contributed by atoms with Gasteiger partial charge in [-0.2, -0.15) is 0 Å². The van der Waals surface area contributed by atoms with E-state index >= 15 is 0 Å². The number of carbonyl (C=O) groups excluding carboxylic acids is 1. The van der Waals surface area contributed by atoms with Crippen LogP contribution >= 0.6 is 0 Å². The summed E-state index contributed by atoms with van der Waals surface area (Å²) in [4.78, 5) is 21.6. The topological polar surface area (TPSA) is 59.2 Å². The van der Waals surface area contributed by atoms with Gasteiger partial charge in [0.2, 0.25) is 0 Å². The maximum Gasteiger partial charge on any atom is 0.255 e. The Hall–Kier alpha value is -2.43. The fourth-order valence-electron chi connectivity index (χ4n) is 1.45. The Bertz CT molecular complexity index is 545. The molecule has 0 N–H and O–H groups in total. The van der Waals surface area contributed by atoms with Gasteiger partial charge in [-0.05, 0) is 24.3 Å². The summed E-state index contributed by atoms with van der Waals surface area (Å²) in [5, 5.41) is 0. The molecule has 2 heterocycles. The number of rotatable bonds is 3. The molecule has 0 bridgehead atoms. The van der Waals surface area contributed by atoms with Crippen molar-refractivity contribution in [3.8, 4) is 0 Å². The van der Waals surface area contributed by atoms with Crippen LogP contribution in [0.1, 0.15) is 11.5 Å². The van der Waals surface area contributed by atoms with Crippen molar-refractivity contribution in [2.45, 2.75) is 0 Å². The lowest BCUT2D eigenvalue weighted by Crippen LogP contribution is -2.23. The number of furan rings is 1. The van der Waals surface area contributed by atoms with E-state index in [1.165, 1.54) is 11.2 Å². The second-order valence-corrected chi connectivity index (χ2v) is 3.87. The zero-order chi connectivity index (χ0) is 13.0. The van der Waals surface area contributed by atoms with Gasteiger partial charge in [-0.25, -0.2) is 9.97 Å². The number of hydrogen-bond donors (Lipinski definition) is 0. The van der Waals surface area contributed by atoms with E-state index in [0.717, 1.165) is 0 Å². The average Bonchev–Trinajstić information content (AvgIpc) is 2.89. The van der Waals surface area contributed by atoms with E-state index in [0.29, 0.717) is 17.0 Å². The van der Waals surface area contributed by atoms with Crippen LogP contribution in [0.25, 0.3) is 11.6 Å². The largest absolute Gasteiger partial charge is 0.465 e. The fraction of sp³-hybridized carbons (Fsp3) is 0.154. The summed E-state index contributed by atoms with van der Waals surface area (Å²) in [6.07, 6.45) is 6.24. The van der Waals surface area contributed by atoms with Crippen LogP contribution in [0.4, 0.5) is 0 Å². The number of nitrogens with zero attached hydrogens (tertiary/aromatic N) is 3. The fourth-order valence-corrected chi connectivity index (χ4v) is 1.45. The first-order valence-corrected chi connectivity index (χ1v) is 5.41. The third-order valence-electron chi connectivity index (χ3n) is 2.32. The lowest BCUT2D eigenvalue weighted by molar-refractivity contribution is -0.122. The van der Waals surface area contributed by atoms with Gasteiger partial charge in [0, 0.05) is 20.3 Å². The van der Waals surface area contributed by atoms with Gasteiger partial charge in [-0.3, -0.25) is 4.79 Å². The van der Waals surface area contributed by atoms with Crippen molar-refractivity contribution in [1.29, 1.82) is 0 Å². The molecule has 0 saturated heterocycles. The Labute approximate surface area is 105 Å². The number of hydrogen-bond acceptors (Lipinski definition) is 4. The standard InChI is InChI=1S/C13H13N3O2/c1-16(2)13(17)11(8-10-4-3-7-18-10)12-5-6-14-9-15-12/h3-9H,1-2H3. The van der Waals surface area contributed by atoms with E-state index in [4.69, 9.17) is 4.42 Å². The molecule has 0 spiro atoms. The summed E-state index contributed by atoms with van der Waals surface area (Å²) < 4.78 is 5.22. The summed E-state index contributed by atoms with van der Waals surface area (Å²) >= 11 is 0. The van der Waals surface area contributed by atoms with Crippen LogP contribution in [0.5, 0.6) is 0 Å². The summed E-state index contributed by atoms with van der Waals surface area (Å²) in [6.45, 7) is 0. The van der Waals surface area contributed by atoms with E-state index < -0.39 is 0 Å². The zero-order valence-corrected chi connectivity index (χ0v) is 10.2. The molecule has 92 valence electrons. The maximum absolute atomic E-state index is 12.1. The Morgan fingerprint density at radius 3 is 2.78 bits per heavy atom. The first-order valence-electron chi connectivity index (χ1n) is 5.41. The van der Waals surface area contributed by atoms with Gasteiger partial charge in [0.05, 0.1) is 17.5 Å². The minimum Gasteiger partial charge on any atom is -0.465 e. The number of amides is 1. The van der Waals surface area contributed by atoms with Crippen LogP contribution in [-0.4, -0.2) is 34.9 Å². The Kier molecular flexibility index (Phi) is 3.52.